The van der Waals surface area contributed by atoms with Crippen LogP contribution in [-0.4, -0.2) is 74.6 Å². The van der Waals surface area contributed by atoms with Crippen molar-refractivity contribution in [1.82, 2.24) is 39.7 Å². The van der Waals surface area contributed by atoms with Crippen LogP contribution in [0.15, 0.2) is 61.1 Å². The number of hydrogen-bond acceptors (Lipinski definition) is 7. The van der Waals surface area contributed by atoms with Crippen LogP contribution in [0.3, 0.4) is 0 Å². The van der Waals surface area contributed by atoms with Crippen molar-refractivity contribution in [3.05, 3.63) is 101 Å². The van der Waals surface area contributed by atoms with Crippen LogP contribution in [0.25, 0.3) is 22.4 Å². The van der Waals surface area contributed by atoms with E-state index >= 15 is 0 Å². The smallest absolute Gasteiger partial charge is 0.251 e. The fourth-order valence-corrected chi connectivity index (χ4v) is 5.98. The van der Waals surface area contributed by atoms with Crippen molar-refractivity contribution >= 4 is 5.91 Å². The fraction of sp³-hybridized carbons (Fsp3) is 0.343. The zero-order valence-corrected chi connectivity index (χ0v) is 26.7. The average molecular weight is 605 g/mol. The fourth-order valence-electron chi connectivity index (χ4n) is 5.98. The van der Waals surface area contributed by atoms with Crippen LogP contribution in [-0.2, 0) is 39.8 Å². The highest BCUT2D eigenvalue weighted by Crippen LogP contribution is 2.36. The Morgan fingerprint density at radius 3 is 2.69 bits per heavy atom. The van der Waals surface area contributed by atoms with Gasteiger partial charge in [0.15, 0.2) is 0 Å². The highest BCUT2D eigenvalue weighted by Gasteiger charge is 2.26. The second-order valence-corrected chi connectivity index (χ2v) is 11.9. The summed E-state index contributed by atoms with van der Waals surface area (Å²) >= 11 is 0. The van der Waals surface area contributed by atoms with E-state index in [9.17, 15) is 4.79 Å². The van der Waals surface area contributed by atoms with Gasteiger partial charge in [0.1, 0.15) is 11.6 Å². The van der Waals surface area contributed by atoms with E-state index in [0.29, 0.717) is 30.1 Å². The molecule has 45 heavy (non-hydrogen) atoms. The van der Waals surface area contributed by atoms with Crippen LogP contribution in [0.1, 0.15) is 50.7 Å². The minimum Gasteiger partial charge on any atom is -0.496 e. The monoisotopic (exact) mass is 604 g/mol. The van der Waals surface area contributed by atoms with E-state index in [1.165, 1.54) is 5.56 Å². The van der Waals surface area contributed by atoms with E-state index in [-0.39, 0.29) is 5.91 Å². The van der Waals surface area contributed by atoms with Crippen LogP contribution >= 0.6 is 0 Å². The normalized spacial score (nSPS) is 12.2. The molecule has 0 saturated carbocycles. The van der Waals surface area contributed by atoms with Gasteiger partial charge in [-0.2, -0.15) is 10.2 Å². The Balaban J connectivity index is 1.24. The highest BCUT2D eigenvalue weighted by atomic mass is 16.5. The maximum atomic E-state index is 12.7. The summed E-state index contributed by atoms with van der Waals surface area (Å²) in [6.07, 6.45) is 9.72. The van der Waals surface area contributed by atoms with E-state index in [0.717, 1.165) is 77.1 Å². The molecule has 0 aliphatic heterocycles. The molecule has 2 aromatic carbocycles. The number of nitrogens with one attached hydrogen (secondary N) is 1. The number of ether oxygens (including phenoxy) is 1. The van der Waals surface area contributed by atoms with Crippen LogP contribution in [0.4, 0.5) is 0 Å². The van der Waals surface area contributed by atoms with Gasteiger partial charge in [0.2, 0.25) is 0 Å². The predicted octanol–water partition coefficient (Wildman–Crippen LogP) is 4.25. The molecule has 10 nitrogen and oxygen atoms in total. The van der Waals surface area contributed by atoms with Crippen molar-refractivity contribution < 1.29 is 9.53 Å². The number of carbonyl (C=O) groups excluding carboxylic acids is 1. The number of fused-ring (bicyclic) bond motifs is 3. The van der Waals surface area contributed by atoms with Crippen LogP contribution in [0, 0.1) is 0 Å². The first-order valence-corrected chi connectivity index (χ1v) is 15.4. The molecular formula is C35H40N8O2. The van der Waals surface area contributed by atoms with Gasteiger partial charge < -0.3 is 15.0 Å². The zero-order valence-electron chi connectivity index (χ0n) is 26.7. The topological polar surface area (TPSA) is 103 Å². The largest absolute Gasteiger partial charge is 0.496 e. The number of hydrogen-bond donors (Lipinski definition) is 1. The van der Waals surface area contributed by atoms with Gasteiger partial charge in [0.05, 0.1) is 30.4 Å². The molecule has 1 aliphatic carbocycles. The van der Waals surface area contributed by atoms with Gasteiger partial charge in [-0.1, -0.05) is 30.3 Å². The van der Waals surface area contributed by atoms with Gasteiger partial charge in [-0.15, -0.1) is 0 Å². The molecule has 0 fully saturated rings. The predicted molar refractivity (Wildman–Crippen MR) is 174 cm³/mol. The molecule has 3 aromatic heterocycles. The van der Waals surface area contributed by atoms with Crippen LogP contribution in [0.2, 0.25) is 0 Å². The molecule has 1 amide bonds. The SMILES string of the molecule is COc1cc(C(=O)NCCCN(C)C)ccc1Cc1ncc2c(n1)-c1c(nn(C)c1Cc1cccc(-c3cnn(C)c3)c1)CC2. The molecule has 10 heteroatoms. The average Bonchev–Trinajstić information content (AvgIpc) is 3.61. The lowest BCUT2D eigenvalue weighted by molar-refractivity contribution is 0.0952. The molecule has 0 spiro atoms. The lowest BCUT2D eigenvalue weighted by atomic mass is 9.91. The molecule has 232 valence electrons. The molecule has 1 N–H and O–H groups in total. The second kappa shape index (κ2) is 13.0. The van der Waals surface area contributed by atoms with E-state index in [2.05, 4.69) is 39.6 Å². The summed E-state index contributed by atoms with van der Waals surface area (Å²) in [5, 5.41) is 12.2. The molecular weight excluding hydrogens is 564 g/mol. The van der Waals surface area contributed by atoms with Gasteiger partial charge >= 0.3 is 0 Å². The number of aromatic nitrogens is 6. The number of amides is 1. The molecule has 0 bridgehead atoms. The van der Waals surface area contributed by atoms with Gasteiger partial charge in [0.25, 0.3) is 5.91 Å². The van der Waals surface area contributed by atoms with Crippen molar-refractivity contribution in [3.8, 4) is 28.1 Å². The maximum absolute atomic E-state index is 12.7. The Labute approximate surface area is 264 Å². The van der Waals surface area contributed by atoms with Crippen molar-refractivity contribution in [2.45, 2.75) is 32.1 Å². The Bertz CT molecular complexity index is 1840. The van der Waals surface area contributed by atoms with Gasteiger partial charge in [-0.05, 0) is 68.7 Å². The zero-order chi connectivity index (χ0) is 31.5. The minimum atomic E-state index is -0.105. The number of rotatable bonds is 11. The van der Waals surface area contributed by atoms with E-state index in [4.69, 9.17) is 19.8 Å². The summed E-state index contributed by atoms with van der Waals surface area (Å²) in [6.45, 7) is 1.54. The first kappa shape index (κ1) is 30.2. The number of methoxy groups -OCH3 is 1. The second-order valence-electron chi connectivity index (χ2n) is 11.9. The van der Waals surface area contributed by atoms with Crippen LogP contribution < -0.4 is 10.1 Å². The Hall–Kier alpha value is -4.83. The van der Waals surface area contributed by atoms with E-state index in [1.54, 1.807) is 13.2 Å². The first-order valence-electron chi connectivity index (χ1n) is 15.4. The third-order valence-electron chi connectivity index (χ3n) is 8.32. The summed E-state index contributed by atoms with van der Waals surface area (Å²) in [7, 11) is 9.63. The molecule has 0 unspecified atom stereocenters. The number of aryl methyl sites for hydroxylation is 4. The summed E-state index contributed by atoms with van der Waals surface area (Å²) < 4.78 is 9.53. The number of carbonyl (C=O) groups is 1. The van der Waals surface area contributed by atoms with E-state index in [1.807, 2.05) is 68.3 Å². The summed E-state index contributed by atoms with van der Waals surface area (Å²) in [6, 6.07) is 14.2. The summed E-state index contributed by atoms with van der Waals surface area (Å²) in [5.41, 5.74) is 10.4. The molecule has 0 atom stereocenters. The summed E-state index contributed by atoms with van der Waals surface area (Å²) in [5.74, 6) is 1.24. The molecule has 1 aliphatic rings. The van der Waals surface area contributed by atoms with E-state index < -0.39 is 0 Å². The summed E-state index contributed by atoms with van der Waals surface area (Å²) in [4.78, 5) is 24.7. The van der Waals surface area contributed by atoms with Crippen LogP contribution in [0.5, 0.6) is 5.75 Å². The third kappa shape index (κ3) is 6.66. The number of benzene rings is 2. The van der Waals surface area contributed by atoms with Crippen molar-refractivity contribution in [2.75, 3.05) is 34.3 Å². The van der Waals surface area contributed by atoms with Gasteiger partial charge in [-0.25, -0.2) is 9.97 Å². The maximum Gasteiger partial charge on any atom is 0.251 e. The molecule has 5 aromatic rings. The molecule has 6 rings (SSSR count). The standard InChI is InChI=1S/C35H40N8O2/c1-41(2)15-7-14-36-35(44)26-11-10-25(31(18-26)45-5)19-32-37-20-27-12-13-29-33(34(27)39-32)30(43(4)40-29)17-23-8-6-9-24(16-23)28-21-38-42(3)22-28/h6,8-11,16,18,20-22H,7,12-15,17,19H2,1-5H3,(H,36,44). The quantitative estimate of drug-likeness (QED) is 0.225. The molecule has 0 radical (unpaired) electrons. The Kier molecular flexibility index (Phi) is 8.75. The van der Waals surface area contributed by atoms with Crippen molar-refractivity contribution in [3.63, 3.8) is 0 Å². The molecule has 3 heterocycles. The van der Waals surface area contributed by atoms with Gasteiger partial charge in [-0.3, -0.25) is 14.2 Å². The lowest BCUT2D eigenvalue weighted by Crippen LogP contribution is -2.27. The van der Waals surface area contributed by atoms with Crippen molar-refractivity contribution in [1.29, 1.82) is 0 Å². The third-order valence-corrected chi connectivity index (χ3v) is 8.32. The molecule has 0 saturated heterocycles. The highest BCUT2D eigenvalue weighted by molar-refractivity contribution is 5.94. The van der Waals surface area contributed by atoms with Gasteiger partial charge in [0, 0.05) is 68.1 Å². The number of nitrogens with zero attached hydrogens (tertiary/aromatic N) is 7. The Morgan fingerprint density at radius 2 is 1.91 bits per heavy atom. The first-order chi connectivity index (χ1) is 21.8. The minimum absolute atomic E-state index is 0.105. The Morgan fingerprint density at radius 1 is 1.04 bits per heavy atom. The lowest BCUT2D eigenvalue weighted by Gasteiger charge is -2.17. The van der Waals surface area contributed by atoms with Crippen molar-refractivity contribution in [2.24, 2.45) is 14.1 Å².